The Morgan fingerprint density at radius 1 is 0.971 bits per heavy atom. The van der Waals surface area contributed by atoms with Crippen molar-refractivity contribution in [2.24, 2.45) is 0 Å². The van der Waals surface area contributed by atoms with Gasteiger partial charge in [-0.2, -0.15) is 0 Å². The zero-order valence-electron chi connectivity index (χ0n) is 19.9. The Labute approximate surface area is 211 Å². The lowest BCUT2D eigenvalue weighted by molar-refractivity contribution is -0.118. The minimum Gasteiger partial charge on any atom is -0.497 e. The van der Waals surface area contributed by atoms with Crippen LogP contribution in [0.2, 0.25) is 5.02 Å². The van der Waals surface area contributed by atoms with E-state index in [2.05, 4.69) is 22.8 Å². The number of nitrogens with zero attached hydrogens (tertiary/aromatic N) is 1. The first kappa shape index (κ1) is 24.8. The van der Waals surface area contributed by atoms with E-state index >= 15 is 0 Å². The molecule has 0 bridgehead atoms. The Morgan fingerprint density at radius 2 is 1.77 bits per heavy atom. The van der Waals surface area contributed by atoms with Crippen molar-refractivity contribution in [3.05, 3.63) is 82.9 Å². The van der Waals surface area contributed by atoms with Crippen LogP contribution in [-0.2, 0) is 11.2 Å². The van der Waals surface area contributed by atoms with Crippen LogP contribution >= 0.6 is 11.6 Å². The molecule has 3 aromatic carbocycles. The summed E-state index contributed by atoms with van der Waals surface area (Å²) in [6.45, 7) is 1.83. The van der Waals surface area contributed by atoms with Gasteiger partial charge in [0.15, 0.2) is 0 Å². The van der Waals surface area contributed by atoms with Gasteiger partial charge >= 0.3 is 0 Å². The molecule has 2 N–H and O–H groups in total. The number of anilines is 3. The molecule has 1 aliphatic rings. The van der Waals surface area contributed by atoms with Crippen molar-refractivity contribution < 1.29 is 14.3 Å². The van der Waals surface area contributed by atoms with Gasteiger partial charge in [-0.25, -0.2) is 0 Å². The zero-order valence-corrected chi connectivity index (χ0v) is 20.6. The van der Waals surface area contributed by atoms with E-state index in [1.54, 1.807) is 42.3 Å². The zero-order chi connectivity index (χ0) is 24.6. The quantitative estimate of drug-likeness (QED) is 0.343. The molecule has 0 aliphatic carbocycles. The molecule has 0 unspecified atom stereocenters. The van der Waals surface area contributed by atoms with E-state index in [1.807, 2.05) is 24.3 Å². The van der Waals surface area contributed by atoms with Gasteiger partial charge in [0.25, 0.3) is 5.91 Å². The highest BCUT2D eigenvalue weighted by atomic mass is 35.5. The highest BCUT2D eigenvalue weighted by Gasteiger charge is 2.28. The van der Waals surface area contributed by atoms with Crippen LogP contribution in [0.15, 0.2) is 66.7 Å². The molecular formula is C28H30ClN3O3. The fourth-order valence-electron chi connectivity index (χ4n) is 4.22. The number of ether oxygens (including phenoxy) is 1. The van der Waals surface area contributed by atoms with Gasteiger partial charge in [0.2, 0.25) is 5.91 Å². The fraction of sp³-hybridized carbons (Fsp3) is 0.286. The van der Waals surface area contributed by atoms with Crippen LogP contribution < -0.4 is 20.3 Å². The third-order valence-corrected chi connectivity index (χ3v) is 6.32. The van der Waals surface area contributed by atoms with Crippen LogP contribution in [-0.4, -0.2) is 32.0 Å². The van der Waals surface area contributed by atoms with E-state index in [0.29, 0.717) is 34.1 Å². The minimum atomic E-state index is -0.250. The summed E-state index contributed by atoms with van der Waals surface area (Å²) < 4.78 is 5.19. The Balaban J connectivity index is 1.28. The Kier molecular flexibility index (Phi) is 8.40. The molecule has 0 aromatic heterocycles. The topological polar surface area (TPSA) is 70.7 Å². The summed E-state index contributed by atoms with van der Waals surface area (Å²) in [6, 6.07) is 20.5. The van der Waals surface area contributed by atoms with Gasteiger partial charge < -0.3 is 15.4 Å². The van der Waals surface area contributed by atoms with Gasteiger partial charge in [-0.05, 0) is 80.4 Å². The first-order valence-electron chi connectivity index (χ1n) is 11.9. The van der Waals surface area contributed by atoms with Gasteiger partial charge in [0, 0.05) is 11.4 Å². The maximum Gasteiger partial charge on any atom is 0.257 e. The van der Waals surface area contributed by atoms with Gasteiger partial charge in [-0.1, -0.05) is 42.3 Å². The lowest BCUT2D eigenvalue weighted by Crippen LogP contribution is -2.26. The van der Waals surface area contributed by atoms with Crippen molar-refractivity contribution in [1.29, 1.82) is 0 Å². The van der Waals surface area contributed by atoms with Crippen LogP contribution in [0.3, 0.4) is 0 Å². The smallest absolute Gasteiger partial charge is 0.257 e. The summed E-state index contributed by atoms with van der Waals surface area (Å²) in [5, 5.41) is 6.86. The van der Waals surface area contributed by atoms with Crippen molar-refractivity contribution in [3.8, 4) is 5.75 Å². The van der Waals surface area contributed by atoms with E-state index in [-0.39, 0.29) is 11.8 Å². The first-order chi connectivity index (χ1) is 17.1. The third-order valence-electron chi connectivity index (χ3n) is 6.08. The van der Waals surface area contributed by atoms with Crippen molar-refractivity contribution in [2.45, 2.75) is 32.1 Å². The number of benzene rings is 3. The lowest BCUT2D eigenvalue weighted by Gasteiger charge is -2.24. The van der Waals surface area contributed by atoms with Gasteiger partial charge in [-0.15, -0.1) is 0 Å². The monoisotopic (exact) mass is 491 g/mol. The number of hydrogen-bond acceptors (Lipinski definition) is 4. The van der Waals surface area contributed by atoms with Gasteiger partial charge in [-0.3, -0.25) is 14.5 Å². The number of methoxy groups -OCH3 is 1. The molecule has 0 saturated heterocycles. The number of hydrogen-bond donors (Lipinski definition) is 2. The molecule has 3 aromatic rings. The van der Waals surface area contributed by atoms with Crippen molar-refractivity contribution >= 4 is 40.5 Å². The molecule has 1 aliphatic heterocycles. The molecule has 0 spiro atoms. The molecule has 7 heteroatoms. The summed E-state index contributed by atoms with van der Waals surface area (Å²) in [6.07, 6.45) is 4.09. The number of para-hydroxylation sites is 1. The highest BCUT2D eigenvalue weighted by Crippen LogP contribution is 2.39. The number of unbranched alkanes of at least 4 members (excludes halogenated alkanes) is 2. The van der Waals surface area contributed by atoms with Gasteiger partial charge in [0.1, 0.15) is 5.75 Å². The SMILES string of the molecule is COc1ccc(CCNCCCCCC(=O)N2c3ccc(Cl)cc3NC(=O)c3ccccc32)cc1. The van der Waals surface area contributed by atoms with E-state index < -0.39 is 0 Å². The molecule has 2 amide bonds. The van der Waals surface area contributed by atoms with Crippen LogP contribution in [0.4, 0.5) is 17.1 Å². The predicted molar refractivity (Wildman–Crippen MR) is 141 cm³/mol. The molecule has 0 atom stereocenters. The number of halogens is 1. The average molecular weight is 492 g/mol. The number of rotatable bonds is 10. The van der Waals surface area contributed by atoms with E-state index in [4.69, 9.17) is 16.3 Å². The Hall–Kier alpha value is -3.35. The second kappa shape index (κ2) is 11.9. The average Bonchev–Trinajstić information content (AvgIpc) is 2.99. The second-order valence-corrected chi connectivity index (χ2v) is 8.96. The van der Waals surface area contributed by atoms with E-state index in [9.17, 15) is 9.59 Å². The summed E-state index contributed by atoms with van der Waals surface area (Å²) in [4.78, 5) is 27.7. The largest absolute Gasteiger partial charge is 0.497 e. The summed E-state index contributed by atoms with van der Waals surface area (Å²) in [5.41, 5.74) is 3.51. The molecule has 0 saturated carbocycles. The number of carbonyl (C=O) groups is 2. The van der Waals surface area contributed by atoms with Crippen molar-refractivity contribution in [2.75, 3.05) is 30.4 Å². The summed E-state index contributed by atoms with van der Waals surface area (Å²) in [7, 11) is 1.67. The number of fused-ring (bicyclic) bond motifs is 2. The molecule has 0 fully saturated rings. The number of amides is 2. The van der Waals surface area contributed by atoms with Gasteiger partial charge in [0.05, 0.1) is 29.7 Å². The molecule has 1 heterocycles. The highest BCUT2D eigenvalue weighted by molar-refractivity contribution is 6.31. The van der Waals surface area contributed by atoms with Crippen molar-refractivity contribution in [1.82, 2.24) is 5.32 Å². The standard InChI is InChI=1S/C28H30ClN3O3/c1-35-22-13-10-20(11-14-22)16-18-30-17-6-2-3-9-27(33)32-25-8-5-4-7-23(25)28(34)31-24-19-21(29)12-15-26(24)32/h4-5,7-8,10-15,19,30H,2-3,6,9,16-18H2,1H3,(H,31,34). The Bertz CT molecular complexity index is 1180. The predicted octanol–water partition coefficient (Wildman–Crippen LogP) is 5.97. The molecule has 0 radical (unpaired) electrons. The lowest BCUT2D eigenvalue weighted by atomic mass is 10.1. The van der Waals surface area contributed by atoms with Crippen molar-refractivity contribution in [3.63, 3.8) is 0 Å². The molecular weight excluding hydrogens is 462 g/mol. The van der Waals surface area contributed by atoms with Crippen LogP contribution in [0.1, 0.15) is 41.6 Å². The van der Waals surface area contributed by atoms with Crippen LogP contribution in [0.25, 0.3) is 0 Å². The number of carbonyl (C=O) groups excluding carboxylic acids is 2. The maximum atomic E-state index is 13.3. The third kappa shape index (κ3) is 6.21. The Morgan fingerprint density at radius 3 is 2.57 bits per heavy atom. The van der Waals surface area contributed by atoms with Crippen LogP contribution in [0, 0.1) is 0 Å². The first-order valence-corrected chi connectivity index (χ1v) is 12.3. The molecule has 35 heavy (non-hydrogen) atoms. The number of nitrogens with one attached hydrogen (secondary N) is 2. The summed E-state index contributed by atoms with van der Waals surface area (Å²) >= 11 is 6.15. The van der Waals surface area contributed by atoms with E-state index in [0.717, 1.165) is 44.5 Å². The van der Waals surface area contributed by atoms with Crippen LogP contribution in [0.5, 0.6) is 5.75 Å². The maximum absolute atomic E-state index is 13.3. The normalized spacial score (nSPS) is 12.4. The van der Waals surface area contributed by atoms with E-state index in [1.165, 1.54) is 5.56 Å². The minimum absolute atomic E-state index is 0.0370. The fourth-order valence-corrected chi connectivity index (χ4v) is 4.39. The molecule has 182 valence electrons. The molecule has 6 nitrogen and oxygen atoms in total. The summed E-state index contributed by atoms with van der Waals surface area (Å²) in [5.74, 6) is 0.584. The molecule has 4 rings (SSSR count). The second-order valence-electron chi connectivity index (χ2n) is 8.52.